The maximum Gasteiger partial charge on any atom is 0.236 e. The monoisotopic (exact) mass is 554 g/mol. The highest BCUT2D eigenvalue weighted by Crippen LogP contribution is 2.27. The van der Waals surface area contributed by atoms with Crippen molar-refractivity contribution in [3.8, 4) is 11.3 Å². The molecule has 1 amide bonds. The number of hydrogen-bond acceptors (Lipinski definition) is 5. The standard InChI is InChI=1S/C24H19BrN4OS3/c25-17-11-9-16(10-12-17)21-14-33-24(28-21)29-22(30)15-32-20-8-4-7-19(13-20)27-23(31)26-18-5-2-1-3-6-18/h1-14H,15H2,(H2,26,27,31)(H,28,29,30). The van der Waals surface area contributed by atoms with Crippen LogP contribution in [0.2, 0.25) is 0 Å². The molecule has 0 aliphatic carbocycles. The molecule has 0 bridgehead atoms. The molecule has 0 unspecified atom stereocenters. The van der Waals surface area contributed by atoms with Crippen molar-refractivity contribution in [2.75, 3.05) is 21.7 Å². The number of thioether (sulfide) groups is 1. The Bertz CT molecular complexity index is 1250. The third kappa shape index (κ3) is 7.13. The average Bonchev–Trinajstić information content (AvgIpc) is 3.27. The van der Waals surface area contributed by atoms with Gasteiger partial charge in [0.2, 0.25) is 5.91 Å². The number of benzene rings is 3. The van der Waals surface area contributed by atoms with Gasteiger partial charge in [-0.15, -0.1) is 23.1 Å². The van der Waals surface area contributed by atoms with E-state index in [1.807, 2.05) is 84.2 Å². The molecule has 0 saturated carbocycles. The number of para-hydroxylation sites is 1. The van der Waals surface area contributed by atoms with Crippen LogP contribution in [0.5, 0.6) is 0 Å². The van der Waals surface area contributed by atoms with Crippen molar-refractivity contribution in [2.24, 2.45) is 0 Å². The number of rotatable bonds is 7. The van der Waals surface area contributed by atoms with Crippen LogP contribution in [0.15, 0.2) is 93.6 Å². The zero-order valence-corrected chi connectivity index (χ0v) is 21.3. The Morgan fingerprint density at radius 1 is 0.939 bits per heavy atom. The number of nitrogens with one attached hydrogen (secondary N) is 3. The number of carbonyl (C=O) groups excluding carboxylic acids is 1. The number of amides is 1. The summed E-state index contributed by atoms with van der Waals surface area (Å²) in [6, 6.07) is 25.4. The minimum Gasteiger partial charge on any atom is -0.332 e. The molecule has 9 heteroatoms. The van der Waals surface area contributed by atoms with E-state index >= 15 is 0 Å². The lowest BCUT2D eigenvalue weighted by Crippen LogP contribution is -2.19. The highest BCUT2D eigenvalue weighted by atomic mass is 79.9. The summed E-state index contributed by atoms with van der Waals surface area (Å²) in [6.45, 7) is 0. The zero-order chi connectivity index (χ0) is 23.0. The van der Waals surface area contributed by atoms with Crippen LogP contribution in [0, 0.1) is 0 Å². The normalized spacial score (nSPS) is 10.5. The fourth-order valence-electron chi connectivity index (χ4n) is 2.87. The quantitative estimate of drug-likeness (QED) is 0.167. The van der Waals surface area contributed by atoms with Crippen molar-refractivity contribution in [1.29, 1.82) is 0 Å². The van der Waals surface area contributed by atoms with Crippen LogP contribution in [0.25, 0.3) is 11.3 Å². The van der Waals surface area contributed by atoms with Gasteiger partial charge in [-0.3, -0.25) is 4.79 Å². The van der Waals surface area contributed by atoms with Gasteiger partial charge in [-0.2, -0.15) is 0 Å². The van der Waals surface area contributed by atoms with Gasteiger partial charge in [-0.1, -0.05) is 52.3 Å². The summed E-state index contributed by atoms with van der Waals surface area (Å²) in [6.07, 6.45) is 0. The van der Waals surface area contributed by atoms with Crippen LogP contribution in [0.3, 0.4) is 0 Å². The summed E-state index contributed by atoms with van der Waals surface area (Å²) in [5, 5.41) is 12.2. The Morgan fingerprint density at radius 3 is 2.45 bits per heavy atom. The first kappa shape index (κ1) is 23.4. The molecule has 0 saturated heterocycles. The van der Waals surface area contributed by atoms with Crippen LogP contribution in [0.1, 0.15) is 0 Å². The molecule has 3 aromatic carbocycles. The minimum atomic E-state index is -0.101. The Kier molecular flexibility index (Phi) is 8.11. The molecule has 0 fully saturated rings. The Labute approximate surface area is 214 Å². The number of anilines is 3. The van der Waals surface area contributed by atoms with Gasteiger partial charge in [0.1, 0.15) is 0 Å². The van der Waals surface area contributed by atoms with Crippen LogP contribution in [-0.2, 0) is 4.79 Å². The van der Waals surface area contributed by atoms with Gasteiger partial charge in [-0.05, 0) is 54.7 Å². The predicted molar refractivity (Wildman–Crippen MR) is 147 cm³/mol. The van der Waals surface area contributed by atoms with Gasteiger partial charge < -0.3 is 16.0 Å². The summed E-state index contributed by atoms with van der Waals surface area (Å²) in [7, 11) is 0. The molecule has 0 aliphatic heterocycles. The molecule has 0 atom stereocenters. The molecule has 4 rings (SSSR count). The van der Waals surface area contributed by atoms with Crippen molar-refractivity contribution in [3.05, 3.63) is 88.7 Å². The lowest BCUT2D eigenvalue weighted by molar-refractivity contribution is -0.113. The first-order chi connectivity index (χ1) is 16.0. The lowest BCUT2D eigenvalue weighted by atomic mass is 10.2. The lowest BCUT2D eigenvalue weighted by Gasteiger charge is -2.11. The van der Waals surface area contributed by atoms with Gasteiger partial charge >= 0.3 is 0 Å². The molecular formula is C24H19BrN4OS3. The van der Waals surface area contributed by atoms with Crippen molar-refractivity contribution in [3.63, 3.8) is 0 Å². The first-order valence-electron chi connectivity index (χ1n) is 9.92. The fraction of sp³-hybridized carbons (Fsp3) is 0.0417. The smallest absolute Gasteiger partial charge is 0.236 e. The van der Waals surface area contributed by atoms with E-state index in [4.69, 9.17) is 12.2 Å². The van der Waals surface area contributed by atoms with Crippen molar-refractivity contribution < 1.29 is 4.79 Å². The molecular weight excluding hydrogens is 536 g/mol. The minimum absolute atomic E-state index is 0.101. The molecule has 1 heterocycles. The highest BCUT2D eigenvalue weighted by Gasteiger charge is 2.09. The molecule has 4 aromatic rings. The van der Waals surface area contributed by atoms with Gasteiger partial charge in [-0.25, -0.2) is 4.98 Å². The number of carbonyl (C=O) groups is 1. The maximum absolute atomic E-state index is 12.4. The van der Waals surface area contributed by atoms with Crippen molar-refractivity contribution in [1.82, 2.24) is 4.98 Å². The summed E-state index contributed by atoms with van der Waals surface area (Å²) >= 11 is 11.7. The largest absolute Gasteiger partial charge is 0.332 e. The second-order valence-electron chi connectivity index (χ2n) is 6.85. The second-order valence-corrected chi connectivity index (χ2v) is 10.1. The highest BCUT2D eigenvalue weighted by molar-refractivity contribution is 9.10. The zero-order valence-electron chi connectivity index (χ0n) is 17.2. The van der Waals surface area contributed by atoms with E-state index in [9.17, 15) is 4.79 Å². The Hall–Kier alpha value is -2.72. The average molecular weight is 556 g/mol. The summed E-state index contributed by atoms with van der Waals surface area (Å²) in [5.41, 5.74) is 3.62. The van der Waals surface area contributed by atoms with E-state index in [1.165, 1.54) is 23.1 Å². The number of halogens is 1. The molecule has 166 valence electrons. The summed E-state index contributed by atoms with van der Waals surface area (Å²) in [5.74, 6) is 0.180. The van der Waals surface area contributed by atoms with Gasteiger partial charge in [0, 0.05) is 31.7 Å². The molecule has 0 radical (unpaired) electrons. The van der Waals surface area contributed by atoms with Gasteiger partial charge in [0.25, 0.3) is 0 Å². The number of thiazole rings is 1. The van der Waals surface area contributed by atoms with Crippen LogP contribution >= 0.6 is 51.2 Å². The number of thiocarbonyl (C=S) groups is 1. The van der Waals surface area contributed by atoms with Gasteiger partial charge in [0.05, 0.1) is 11.4 Å². The molecule has 0 aliphatic rings. The summed E-state index contributed by atoms with van der Waals surface area (Å²) < 4.78 is 1.01. The molecule has 0 spiro atoms. The van der Waals surface area contributed by atoms with E-state index in [1.54, 1.807) is 0 Å². The molecule has 3 N–H and O–H groups in total. The maximum atomic E-state index is 12.4. The van der Waals surface area contributed by atoms with Crippen LogP contribution in [-0.4, -0.2) is 21.8 Å². The Balaban J connectivity index is 1.28. The third-order valence-electron chi connectivity index (χ3n) is 4.38. The first-order valence-corrected chi connectivity index (χ1v) is 13.0. The fourth-order valence-corrected chi connectivity index (χ4v) is 4.86. The topological polar surface area (TPSA) is 66.1 Å². The number of hydrogen-bond donors (Lipinski definition) is 3. The van der Waals surface area contributed by atoms with Crippen molar-refractivity contribution in [2.45, 2.75) is 4.90 Å². The Morgan fingerprint density at radius 2 is 1.67 bits per heavy atom. The van der Waals surface area contributed by atoms with Crippen LogP contribution in [0.4, 0.5) is 16.5 Å². The SMILES string of the molecule is O=C(CSc1cccc(NC(=S)Nc2ccccc2)c1)Nc1nc(-c2ccc(Br)cc2)cs1. The second kappa shape index (κ2) is 11.4. The van der Waals surface area contributed by atoms with E-state index in [0.29, 0.717) is 10.2 Å². The third-order valence-corrected chi connectivity index (χ3v) is 6.87. The summed E-state index contributed by atoms with van der Waals surface area (Å²) in [4.78, 5) is 17.9. The number of nitrogens with zero attached hydrogens (tertiary/aromatic N) is 1. The van der Waals surface area contributed by atoms with Crippen LogP contribution < -0.4 is 16.0 Å². The van der Waals surface area contributed by atoms with E-state index in [-0.39, 0.29) is 11.7 Å². The van der Waals surface area contributed by atoms with Crippen molar-refractivity contribution >= 4 is 78.8 Å². The van der Waals surface area contributed by atoms with Gasteiger partial charge in [0.15, 0.2) is 10.2 Å². The van der Waals surface area contributed by atoms with E-state index < -0.39 is 0 Å². The molecule has 1 aromatic heterocycles. The number of aromatic nitrogens is 1. The van der Waals surface area contributed by atoms with E-state index in [0.717, 1.165) is 32.0 Å². The van der Waals surface area contributed by atoms with E-state index in [2.05, 4.69) is 36.9 Å². The molecule has 33 heavy (non-hydrogen) atoms. The predicted octanol–water partition coefficient (Wildman–Crippen LogP) is 7.11. The molecule has 5 nitrogen and oxygen atoms in total.